The molecular weight excluding hydrogens is 254 g/mol. The van der Waals surface area contributed by atoms with E-state index in [0.717, 1.165) is 0 Å². The molecule has 6 heteroatoms. The van der Waals surface area contributed by atoms with Crippen molar-refractivity contribution in [3.63, 3.8) is 0 Å². The molecule has 5 nitrogen and oxygen atoms in total. The third-order valence-corrected chi connectivity index (χ3v) is 2.46. The molecule has 0 unspecified atom stereocenters. The number of halogens is 1. The molecule has 0 saturated carbocycles. The fourth-order valence-corrected chi connectivity index (χ4v) is 1.48. The molecule has 1 aromatic heterocycles. The second kappa shape index (κ2) is 5.37. The van der Waals surface area contributed by atoms with E-state index in [1.165, 1.54) is 12.4 Å². The smallest absolute Gasteiger partial charge is 0.173 e. The van der Waals surface area contributed by atoms with Gasteiger partial charge < -0.3 is 15.7 Å². The molecule has 0 saturated heterocycles. The minimum absolute atomic E-state index is 0.0404. The van der Waals surface area contributed by atoms with Crippen molar-refractivity contribution in [3.8, 4) is 11.5 Å². The quantitative estimate of drug-likeness (QED) is 0.386. The van der Waals surface area contributed by atoms with E-state index in [0.29, 0.717) is 22.1 Å². The first-order valence-electron chi connectivity index (χ1n) is 5.06. The topological polar surface area (TPSA) is 80.7 Å². The summed E-state index contributed by atoms with van der Waals surface area (Å²) in [5.41, 5.74) is 6.00. The van der Waals surface area contributed by atoms with E-state index >= 15 is 0 Å². The SMILES string of the molecule is N/C(=N/O)c1ccncc1Oc1ccc(Cl)cc1. The molecule has 2 aromatic rings. The third-order valence-electron chi connectivity index (χ3n) is 2.21. The number of ether oxygens (including phenoxy) is 1. The molecule has 0 aliphatic heterocycles. The van der Waals surface area contributed by atoms with Gasteiger partial charge in [0.1, 0.15) is 5.75 Å². The highest BCUT2D eigenvalue weighted by atomic mass is 35.5. The standard InChI is InChI=1S/C12H10ClN3O2/c13-8-1-3-9(4-2-8)18-11-7-15-6-5-10(11)12(14)16-17/h1-7,17H,(H2,14,16). The summed E-state index contributed by atoms with van der Waals surface area (Å²) >= 11 is 5.78. The number of hydrogen-bond donors (Lipinski definition) is 2. The number of oxime groups is 1. The van der Waals surface area contributed by atoms with Crippen LogP contribution in [0.25, 0.3) is 0 Å². The van der Waals surface area contributed by atoms with Crippen LogP contribution in [0, 0.1) is 0 Å². The first-order chi connectivity index (χ1) is 8.70. The average molecular weight is 264 g/mol. The Kier molecular flexibility index (Phi) is 3.64. The number of hydrogen-bond acceptors (Lipinski definition) is 4. The van der Waals surface area contributed by atoms with Gasteiger partial charge in [-0.25, -0.2) is 0 Å². The molecule has 2 rings (SSSR count). The Labute approximate surface area is 108 Å². The largest absolute Gasteiger partial charge is 0.455 e. The summed E-state index contributed by atoms with van der Waals surface area (Å²) in [5, 5.41) is 12.2. The molecule has 0 aliphatic rings. The van der Waals surface area contributed by atoms with Crippen molar-refractivity contribution in [2.24, 2.45) is 10.9 Å². The Morgan fingerprint density at radius 3 is 2.67 bits per heavy atom. The van der Waals surface area contributed by atoms with Crippen LogP contribution >= 0.6 is 11.6 Å². The van der Waals surface area contributed by atoms with Gasteiger partial charge in [-0.2, -0.15) is 0 Å². The first-order valence-corrected chi connectivity index (χ1v) is 5.44. The number of nitrogens with two attached hydrogens (primary N) is 1. The molecule has 18 heavy (non-hydrogen) atoms. The average Bonchev–Trinajstić information content (AvgIpc) is 2.41. The van der Waals surface area contributed by atoms with Gasteiger partial charge in [0.25, 0.3) is 0 Å². The molecule has 0 atom stereocenters. The molecule has 3 N–H and O–H groups in total. The van der Waals surface area contributed by atoms with Crippen LogP contribution in [-0.2, 0) is 0 Å². The second-order valence-electron chi connectivity index (χ2n) is 3.41. The predicted octanol–water partition coefficient (Wildman–Crippen LogP) is 2.62. The van der Waals surface area contributed by atoms with Gasteiger partial charge in [-0.3, -0.25) is 4.98 Å². The first kappa shape index (κ1) is 12.2. The van der Waals surface area contributed by atoms with Crippen LogP contribution in [0.1, 0.15) is 5.56 Å². The summed E-state index contributed by atoms with van der Waals surface area (Å²) in [5.74, 6) is 0.941. The summed E-state index contributed by atoms with van der Waals surface area (Å²) in [7, 11) is 0. The van der Waals surface area contributed by atoms with E-state index in [-0.39, 0.29) is 5.84 Å². The van der Waals surface area contributed by atoms with Crippen LogP contribution in [0.15, 0.2) is 47.9 Å². The van der Waals surface area contributed by atoms with Crippen molar-refractivity contribution in [3.05, 3.63) is 53.3 Å². The lowest BCUT2D eigenvalue weighted by Gasteiger charge is -2.09. The van der Waals surface area contributed by atoms with Crippen molar-refractivity contribution >= 4 is 17.4 Å². The van der Waals surface area contributed by atoms with E-state index in [1.807, 2.05) is 0 Å². The van der Waals surface area contributed by atoms with Gasteiger partial charge in [0, 0.05) is 11.2 Å². The summed E-state index contributed by atoms with van der Waals surface area (Å²) in [6, 6.07) is 8.43. The van der Waals surface area contributed by atoms with Crippen LogP contribution in [0.4, 0.5) is 0 Å². The number of rotatable bonds is 3. The molecule has 0 spiro atoms. The zero-order valence-electron chi connectivity index (χ0n) is 9.25. The Morgan fingerprint density at radius 1 is 1.28 bits per heavy atom. The van der Waals surface area contributed by atoms with Gasteiger partial charge in [0.2, 0.25) is 0 Å². The molecule has 0 radical (unpaired) electrons. The number of amidine groups is 1. The fourth-order valence-electron chi connectivity index (χ4n) is 1.36. The van der Waals surface area contributed by atoms with Gasteiger partial charge in [-0.15, -0.1) is 0 Å². The zero-order chi connectivity index (χ0) is 13.0. The summed E-state index contributed by atoms with van der Waals surface area (Å²) in [6.07, 6.45) is 3.02. The third kappa shape index (κ3) is 2.70. The van der Waals surface area contributed by atoms with E-state index < -0.39 is 0 Å². The monoisotopic (exact) mass is 263 g/mol. The van der Waals surface area contributed by atoms with Crippen LogP contribution in [0.2, 0.25) is 5.02 Å². The minimum Gasteiger partial charge on any atom is -0.455 e. The second-order valence-corrected chi connectivity index (χ2v) is 3.85. The Morgan fingerprint density at radius 2 is 2.00 bits per heavy atom. The number of benzene rings is 1. The number of nitrogens with zero attached hydrogens (tertiary/aromatic N) is 2. The van der Waals surface area contributed by atoms with Crippen molar-refractivity contribution < 1.29 is 9.94 Å². The van der Waals surface area contributed by atoms with Crippen molar-refractivity contribution in [2.75, 3.05) is 0 Å². The van der Waals surface area contributed by atoms with Crippen molar-refractivity contribution in [1.29, 1.82) is 0 Å². The van der Waals surface area contributed by atoms with Crippen LogP contribution in [0.3, 0.4) is 0 Å². The Hall–Kier alpha value is -2.27. The maximum absolute atomic E-state index is 8.68. The van der Waals surface area contributed by atoms with Crippen LogP contribution < -0.4 is 10.5 Å². The highest BCUT2D eigenvalue weighted by Crippen LogP contribution is 2.25. The van der Waals surface area contributed by atoms with Gasteiger partial charge in [0.15, 0.2) is 11.6 Å². The summed E-state index contributed by atoms with van der Waals surface area (Å²) in [6.45, 7) is 0. The Bertz CT molecular complexity index is 570. The molecule has 1 heterocycles. The highest BCUT2D eigenvalue weighted by Gasteiger charge is 2.09. The number of pyridine rings is 1. The van der Waals surface area contributed by atoms with Crippen molar-refractivity contribution in [1.82, 2.24) is 4.98 Å². The van der Waals surface area contributed by atoms with E-state index in [1.54, 1.807) is 30.3 Å². The molecular formula is C12H10ClN3O2. The van der Waals surface area contributed by atoms with E-state index in [2.05, 4.69) is 10.1 Å². The normalized spacial score (nSPS) is 11.3. The van der Waals surface area contributed by atoms with Gasteiger partial charge in [0.05, 0.1) is 11.8 Å². The molecule has 0 amide bonds. The Balaban J connectivity index is 2.32. The summed E-state index contributed by atoms with van der Waals surface area (Å²) in [4.78, 5) is 3.93. The van der Waals surface area contributed by atoms with E-state index in [9.17, 15) is 0 Å². The molecule has 1 aromatic carbocycles. The predicted molar refractivity (Wildman–Crippen MR) is 68.3 cm³/mol. The lowest BCUT2D eigenvalue weighted by Crippen LogP contribution is -2.14. The van der Waals surface area contributed by atoms with Crippen LogP contribution in [-0.4, -0.2) is 16.0 Å². The lowest BCUT2D eigenvalue weighted by atomic mass is 10.2. The minimum atomic E-state index is -0.0404. The molecule has 0 fully saturated rings. The maximum atomic E-state index is 8.68. The summed E-state index contributed by atoms with van der Waals surface area (Å²) < 4.78 is 5.59. The van der Waals surface area contributed by atoms with Crippen molar-refractivity contribution in [2.45, 2.75) is 0 Å². The molecule has 0 bridgehead atoms. The zero-order valence-corrected chi connectivity index (χ0v) is 10.0. The fraction of sp³-hybridized carbons (Fsp3) is 0. The van der Waals surface area contributed by atoms with Gasteiger partial charge in [-0.05, 0) is 30.3 Å². The van der Waals surface area contributed by atoms with Gasteiger partial charge >= 0.3 is 0 Å². The van der Waals surface area contributed by atoms with Gasteiger partial charge in [-0.1, -0.05) is 16.8 Å². The molecule has 0 aliphatic carbocycles. The maximum Gasteiger partial charge on any atom is 0.173 e. The highest BCUT2D eigenvalue weighted by molar-refractivity contribution is 6.30. The van der Waals surface area contributed by atoms with E-state index in [4.69, 9.17) is 27.3 Å². The number of aromatic nitrogens is 1. The van der Waals surface area contributed by atoms with Crippen LogP contribution in [0.5, 0.6) is 11.5 Å². The molecule has 92 valence electrons. The lowest BCUT2D eigenvalue weighted by molar-refractivity contribution is 0.318.